The van der Waals surface area contributed by atoms with Crippen LogP contribution in [0.15, 0.2) is 48.5 Å². The summed E-state index contributed by atoms with van der Waals surface area (Å²) < 4.78 is 72.1. The van der Waals surface area contributed by atoms with Gasteiger partial charge in [-0.25, -0.2) is 9.59 Å². The van der Waals surface area contributed by atoms with E-state index in [1.807, 2.05) is 0 Å². The molecule has 32 heavy (non-hydrogen) atoms. The third-order valence-corrected chi connectivity index (χ3v) is 5.23. The average Bonchev–Trinajstić information content (AvgIpc) is 2.80. The summed E-state index contributed by atoms with van der Waals surface area (Å²) in [5, 5.41) is 2.61. The quantitative estimate of drug-likeness (QED) is 0.620. The Kier molecular flexibility index (Phi) is 6.04. The van der Waals surface area contributed by atoms with E-state index in [0.29, 0.717) is 6.42 Å². The van der Waals surface area contributed by atoms with Crippen molar-refractivity contribution in [3.8, 4) is 0 Å². The molecule has 0 radical (unpaired) electrons. The van der Waals surface area contributed by atoms with E-state index in [-0.39, 0.29) is 24.3 Å². The fraction of sp³-hybridized carbons (Fsp3) is 0.391. The summed E-state index contributed by atoms with van der Waals surface area (Å²) in [6.07, 6.45) is -6.01. The first-order valence-electron chi connectivity index (χ1n) is 11.5. The van der Waals surface area contributed by atoms with Gasteiger partial charge in [-0.3, -0.25) is 4.90 Å². The first kappa shape index (κ1) is 19.5. The number of amides is 2. The summed E-state index contributed by atoms with van der Waals surface area (Å²) in [4.78, 5) is 26.4. The van der Waals surface area contributed by atoms with Crippen LogP contribution in [0.25, 0.3) is 0 Å². The Hall–Kier alpha value is -3.23. The van der Waals surface area contributed by atoms with Gasteiger partial charge in [-0.05, 0) is 49.0 Å². The van der Waals surface area contributed by atoms with Crippen molar-refractivity contribution in [3.05, 3.63) is 65.2 Å². The van der Waals surface area contributed by atoms with Gasteiger partial charge in [0.15, 0.2) is 0 Å². The molecule has 1 aliphatic rings. The van der Waals surface area contributed by atoms with Gasteiger partial charge in [-0.15, -0.1) is 0 Å². The molecule has 0 bridgehead atoms. The number of benzene rings is 2. The zero-order chi connectivity index (χ0) is 25.8. The maximum atomic E-state index is 13.4. The Balaban J connectivity index is 1.88. The van der Waals surface area contributed by atoms with Gasteiger partial charge in [0, 0.05) is 10.2 Å². The third kappa shape index (κ3) is 5.33. The molecule has 2 aromatic rings. The molecular formula is C23H25F3N2O4. The number of ether oxygens (including phenoxy) is 2. The Bertz CT molecular complexity index is 1050. The van der Waals surface area contributed by atoms with Gasteiger partial charge in [0.2, 0.25) is 0 Å². The monoisotopic (exact) mass is 453 g/mol. The molecule has 1 N–H and O–H groups in total. The van der Waals surface area contributed by atoms with Crippen molar-refractivity contribution >= 4 is 17.9 Å². The summed E-state index contributed by atoms with van der Waals surface area (Å²) in [5.74, 6) is 0. The Morgan fingerprint density at radius 1 is 1.19 bits per heavy atom. The summed E-state index contributed by atoms with van der Waals surface area (Å²) in [6, 6.07) is 10.2. The smallest absolute Gasteiger partial charge is 0.416 e. The predicted molar refractivity (Wildman–Crippen MR) is 112 cm³/mol. The second-order valence-corrected chi connectivity index (χ2v) is 7.25. The Labute approximate surface area is 188 Å². The molecule has 0 aromatic heterocycles. The molecule has 0 saturated heterocycles. The average molecular weight is 453 g/mol. The van der Waals surface area contributed by atoms with E-state index in [1.165, 1.54) is 0 Å². The van der Waals surface area contributed by atoms with Crippen molar-refractivity contribution in [2.24, 2.45) is 0 Å². The number of nitrogens with zero attached hydrogens (tertiary/aromatic N) is 1. The zero-order valence-electron chi connectivity index (χ0n) is 20.3. The van der Waals surface area contributed by atoms with Crippen LogP contribution in [0.1, 0.15) is 53.5 Å². The second-order valence-electron chi connectivity index (χ2n) is 7.25. The van der Waals surface area contributed by atoms with E-state index in [2.05, 4.69) is 5.32 Å². The molecule has 6 nitrogen and oxygen atoms in total. The molecule has 1 aliphatic heterocycles. The normalized spacial score (nSPS) is 19.8. The van der Waals surface area contributed by atoms with E-state index in [4.69, 9.17) is 13.6 Å². The van der Waals surface area contributed by atoms with Gasteiger partial charge in [0.25, 0.3) is 0 Å². The Morgan fingerprint density at radius 3 is 2.59 bits per heavy atom. The van der Waals surface area contributed by atoms with Crippen LogP contribution in [0.3, 0.4) is 0 Å². The van der Waals surface area contributed by atoms with Gasteiger partial charge in [-0.2, -0.15) is 13.2 Å². The lowest BCUT2D eigenvalue weighted by Crippen LogP contribution is -2.47. The van der Waals surface area contributed by atoms with Gasteiger partial charge in [-0.1, -0.05) is 37.3 Å². The van der Waals surface area contributed by atoms with Crippen LogP contribution in [0, 0.1) is 0 Å². The number of halogens is 3. The molecule has 0 aliphatic carbocycles. The summed E-state index contributed by atoms with van der Waals surface area (Å²) in [5.41, 5.74) is -0.0702. The van der Waals surface area contributed by atoms with Crippen LogP contribution in [0.2, 0.25) is 0 Å². The number of anilines is 1. The lowest BCUT2D eigenvalue weighted by Gasteiger charge is -2.40. The topological polar surface area (TPSA) is 67.9 Å². The maximum Gasteiger partial charge on any atom is 0.416 e. The van der Waals surface area contributed by atoms with Crippen molar-refractivity contribution in [1.82, 2.24) is 5.32 Å². The molecule has 2 unspecified atom stereocenters. The first-order valence-corrected chi connectivity index (χ1v) is 10.0. The number of hydrogen-bond donors (Lipinski definition) is 1. The molecule has 0 spiro atoms. The van der Waals surface area contributed by atoms with Crippen LogP contribution < -0.4 is 10.2 Å². The number of carbonyl (C=O) groups is 2. The van der Waals surface area contributed by atoms with Crippen molar-refractivity contribution in [2.45, 2.75) is 51.5 Å². The van der Waals surface area contributed by atoms with Crippen LogP contribution in [-0.4, -0.2) is 24.8 Å². The lowest BCUT2D eigenvalue weighted by atomic mass is 9.89. The van der Waals surface area contributed by atoms with E-state index in [9.17, 15) is 22.8 Å². The third-order valence-electron chi connectivity index (χ3n) is 5.23. The SMILES string of the molecule is [2H]C([2H])([2H])COC(=O)N1c2ccc(C(F)(F)F)cc2C(NC(=O)OCc2ccccc2)CC1CC. The predicted octanol–water partition coefficient (Wildman–Crippen LogP) is 5.82. The van der Waals surface area contributed by atoms with Crippen molar-refractivity contribution in [3.63, 3.8) is 0 Å². The first-order chi connectivity index (χ1) is 16.4. The maximum absolute atomic E-state index is 13.4. The number of carbonyl (C=O) groups excluding carboxylic acids is 2. The summed E-state index contributed by atoms with van der Waals surface area (Å²) in [7, 11) is 0. The number of hydrogen-bond acceptors (Lipinski definition) is 4. The second kappa shape index (κ2) is 9.93. The van der Waals surface area contributed by atoms with E-state index in [0.717, 1.165) is 28.7 Å². The van der Waals surface area contributed by atoms with Crippen molar-refractivity contribution in [2.75, 3.05) is 11.5 Å². The summed E-state index contributed by atoms with van der Waals surface area (Å²) in [6.45, 7) is -1.64. The van der Waals surface area contributed by atoms with Crippen molar-refractivity contribution < 1.29 is 36.3 Å². The molecule has 0 saturated carbocycles. The van der Waals surface area contributed by atoms with Gasteiger partial charge in [0.05, 0.1) is 23.9 Å². The highest BCUT2D eigenvalue weighted by Gasteiger charge is 2.39. The molecular weight excluding hydrogens is 425 g/mol. The molecule has 2 atom stereocenters. The number of rotatable bonds is 5. The molecule has 0 fully saturated rings. The minimum atomic E-state index is -4.65. The molecule has 2 aromatic carbocycles. The standard InChI is InChI=1S/C23H25F3N2O4/c1-3-17-13-19(27-21(29)32-14-15-8-6-5-7-9-15)18-12-16(23(24,25)26)10-11-20(18)28(17)22(30)31-4-2/h5-12,17,19H,3-4,13-14H2,1-2H3,(H,27,29)/i2D3. The van der Waals surface area contributed by atoms with Gasteiger partial charge >= 0.3 is 18.4 Å². The molecule has 3 rings (SSSR count). The van der Waals surface area contributed by atoms with Crippen LogP contribution in [-0.2, 0) is 22.3 Å². The highest BCUT2D eigenvalue weighted by atomic mass is 19.4. The molecule has 1 heterocycles. The lowest BCUT2D eigenvalue weighted by molar-refractivity contribution is -0.137. The molecule has 172 valence electrons. The minimum absolute atomic E-state index is 0.0282. The van der Waals surface area contributed by atoms with Gasteiger partial charge < -0.3 is 14.8 Å². The van der Waals surface area contributed by atoms with Gasteiger partial charge in [0.1, 0.15) is 6.61 Å². The highest BCUT2D eigenvalue weighted by Crippen LogP contribution is 2.42. The fourth-order valence-electron chi connectivity index (χ4n) is 3.70. The number of alkyl carbamates (subject to hydrolysis) is 1. The van der Waals surface area contributed by atoms with E-state index in [1.54, 1.807) is 37.3 Å². The fourth-order valence-corrected chi connectivity index (χ4v) is 3.70. The molecule has 2 amide bonds. The largest absolute Gasteiger partial charge is 0.449 e. The van der Waals surface area contributed by atoms with Crippen LogP contribution in [0.5, 0.6) is 0 Å². The highest BCUT2D eigenvalue weighted by molar-refractivity contribution is 5.90. The number of fused-ring (bicyclic) bond motifs is 1. The summed E-state index contributed by atoms with van der Waals surface area (Å²) >= 11 is 0. The minimum Gasteiger partial charge on any atom is -0.449 e. The number of nitrogens with one attached hydrogen (secondary N) is 1. The van der Waals surface area contributed by atoms with E-state index >= 15 is 0 Å². The van der Waals surface area contributed by atoms with E-state index < -0.39 is 49.5 Å². The Morgan fingerprint density at radius 2 is 1.94 bits per heavy atom. The molecule has 9 heteroatoms. The van der Waals surface area contributed by atoms with Crippen LogP contribution in [0.4, 0.5) is 28.4 Å². The van der Waals surface area contributed by atoms with Crippen molar-refractivity contribution in [1.29, 1.82) is 0 Å². The zero-order valence-corrected chi connectivity index (χ0v) is 17.3. The number of alkyl halides is 3. The van der Waals surface area contributed by atoms with Crippen LogP contribution >= 0.6 is 0 Å².